The monoisotopic (exact) mass is 496 g/mol. The molecule has 0 aliphatic carbocycles. The normalized spacial score (nSPS) is 14.9. The summed E-state index contributed by atoms with van der Waals surface area (Å²) < 4.78 is 26.6. The number of carbonyl (C=O) groups is 1. The average Bonchev–Trinajstić information content (AvgIpc) is 3.27. The van der Waals surface area contributed by atoms with Crippen LogP contribution in [0.1, 0.15) is 50.3 Å². The van der Waals surface area contributed by atoms with Crippen LogP contribution in [-0.4, -0.2) is 34.5 Å². The molecule has 1 atom stereocenters. The van der Waals surface area contributed by atoms with Crippen LogP contribution in [0.2, 0.25) is 0 Å². The number of allylic oxidation sites excluding steroid dienone is 1. The lowest BCUT2D eigenvalue weighted by Crippen LogP contribution is -2.29. The Kier molecular flexibility index (Phi) is 8.07. The van der Waals surface area contributed by atoms with Crippen LogP contribution in [0.4, 0.5) is 10.3 Å². The lowest BCUT2D eigenvalue weighted by Gasteiger charge is -2.27. The van der Waals surface area contributed by atoms with Crippen LogP contribution < -0.4 is 10.1 Å². The number of rotatable bonds is 10. The Labute approximate surface area is 208 Å². The average molecular weight is 497 g/mol. The minimum atomic E-state index is -0.525. The Hall–Kier alpha value is -3.33. The largest absolute Gasteiger partial charge is 0.494 e. The molecule has 0 bridgehead atoms. The first kappa shape index (κ1) is 24.8. The van der Waals surface area contributed by atoms with Crippen LogP contribution in [0, 0.1) is 5.82 Å². The molecule has 0 radical (unpaired) electrons. The summed E-state index contributed by atoms with van der Waals surface area (Å²) in [4.78, 5) is 17.3. The van der Waals surface area contributed by atoms with Crippen LogP contribution >= 0.6 is 11.8 Å². The maximum Gasteiger partial charge on any atom is 0.338 e. The van der Waals surface area contributed by atoms with Gasteiger partial charge in [-0.05, 0) is 42.7 Å². The van der Waals surface area contributed by atoms with Gasteiger partial charge in [0.15, 0.2) is 0 Å². The first-order valence-electron chi connectivity index (χ1n) is 11.6. The second-order valence-electron chi connectivity index (χ2n) is 8.23. The van der Waals surface area contributed by atoms with Gasteiger partial charge in [0.2, 0.25) is 11.1 Å². The zero-order valence-corrected chi connectivity index (χ0v) is 20.9. The van der Waals surface area contributed by atoms with E-state index in [0.717, 1.165) is 30.6 Å². The van der Waals surface area contributed by atoms with Crippen LogP contribution in [0.5, 0.6) is 5.75 Å². The van der Waals surface area contributed by atoms with Crippen LogP contribution in [-0.2, 0) is 15.3 Å². The molecule has 184 valence electrons. The highest BCUT2D eigenvalue weighted by Crippen LogP contribution is 2.37. The lowest BCUT2D eigenvalue weighted by molar-refractivity contribution is -0.136. The summed E-state index contributed by atoms with van der Waals surface area (Å²) in [6, 6.07) is 13.8. The van der Waals surface area contributed by atoms with E-state index < -0.39 is 12.0 Å². The van der Waals surface area contributed by atoms with Crippen molar-refractivity contribution in [1.29, 1.82) is 0 Å². The van der Waals surface area contributed by atoms with E-state index in [9.17, 15) is 9.18 Å². The van der Waals surface area contributed by atoms with Gasteiger partial charge in [0.25, 0.3) is 0 Å². The summed E-state index contributed by atoms with van der Waals surface area (Å²) in [5.41, 5.74) is 2.53. The first-order chi connectivity index (χ1) is 17.0. The number of hydrogen-bond acceptors (Lipinski definition) is 7. The van der Waals surface area contributed by atoms with E-state index in [1.807, 2.05) is 31.2 Å². The molecule has 2 aromatic carbocycles. The summed E-state index contributed by atoms with van der Waals surface area (Å²) in [6.45, 7) is 4.64. The molecule has 35 heavy (non-hydrogen) atoms. The van der Waals surface area contributed by atoms with Crippen molar-refractivity contribution in [3.8, 4) is 5.75 Å². The number of anilines is 1. The Morgan fingerprint density at radius 1 is 1.17 bits per heavy atom. The molecular formula is C26H29FN4O3S. The maximum absolute atomic E-state index is 14.0. The van der Waals surface area contributed by atoms with Crippen molar-refractivity contribution < 1.29 is 18.7 Å². The number of esters is 1. The summed E-state index contributed by atoms with van der Waals surface area (Å²) >= 11 is 1.33. The lowest BCUT2D eigenvalue weighted by atomic mass is 9.96. The Morgan fingerprint density at radius 3 is 2.66 bits per heavy atom. The van der Waals surface area contributed by atoms with Gasteiger partial charge in [-0.2, -0.15) is 4.98 Å². The predicted octanol–water partition coefficient (Wildman–Crippen LogP) is 5.74. The highest BCUT2D eigenvalue weighted by atomic mass is 32.2. The van der Waals surface area contributed by atoms with Gasteiger partial charge in [0.1, 0.15) is 17.6 Å². The third-order valence-corrected chi connectivity index (χ3v) is 6.65. The molecule has 1 aromatic heterocycles. The fourth-order valence-corrected chi connectivity index (χ4v) is 4.74. The molecule has 0 saturated heterocycles. The highest BCUT2D eigenvalue weighted by Gasteiger charge is 2.35. The van der Waals surface area contributed by atoms with Gasteiger partial charge in [-0.15, -0.1) is 5.10 Å². The summed E-state index contributed by atoms with van der Waals surface area (Å²) in [6.07, 6.45) is 3.28. The molecule has 0 fully saturated rings. The van der Waals surface area contributed by atoms with Gasteiger partial charge in [-0.3, -0.25) is 0 Å². The van der Waals surface area contributed by atoms with E-state index in [1.165, 1.54) is 24.9 Å². The standard InChI is InChI=1S/C26H29FN4O3S/c1-4-5-8-15-34-20-13-11-18(12-14-20)23-22(24(32)33-3)17(2)28-25-29-26(30-31(23)25)35-16-19-9-6-7-10-21(19)27/h6-7,9-14,23H,4-5,8,15-16H2,1-3H3,(H,28,29,30). The van der Waals surface area contributed by atoms with Crippen molar-refractivity contribution in [1.82, 2.24) is 14.8 Å². The topological polar surface area (TPSA) is 78.3 Å². The first-order valence-corrected chi connectivity index (χ1v) is 12.6. The summed E-state index contributed by atoms with van der Waals surface area (Å²) in [5.74, 6) is 0.973. The van der Waals surface area contributed by atoms with Crippen molar-refractivity contribution in [2.45, 2.75) is 50.1 Å². The van der Waals surface area contributed by atoms with Crippen LogP contribution in [0.15, 0.2) is 65.0 Å². The van der Waals surface area contributed by atoms with Crippen molar-refractivity contribution in [2.24, 2.45) is 0 Å². The third kappa shape index (κ3) is 5.67. The van der Waals surface area contributed by atoms with Crippen molar-refractivity contribution in [3.63, 3.8) is 0 Å². The predicted molar refractivity (Wildman–Crippen MR) is 134 cm³/mol. The third-order valence-electron chi connectivity index (χ3n) is 5.77. The smallest absolute Gasteiger partial charge is 0.338 e. The van der Waals surface area contributed by atoms with E-state index in [4.69, 9.17) is 9.47 Å². The highest BCUT2D eigenvalue weighted by molar-refractivity contribution is 7.98. The Morgan fingerprint density at radius 2 is 1.94 bits per heavy atom. The molecule has 7 nitrogen and oxygen atoms in total. The van der Waals surface area contributed by atoms with E-state index in [-0.39, 0.29) is 5.82 Å². The number of nitrogens with zero attached hydrogens (tertiary/aromatic N) is 3. The van der Waals surface area contributed by atoms with Crippen molar-refractivity contribution in [2.75, 3.05) is 19.0 Å². The van der Waals surface area contributed by atoms with Crippen LogP contribution in [0.3, 0.4) is 0 Å². The molecule has 0 amide bonds. The summed E-state index contributed by atoms with van der Waals surface area (Å²) in [5, 5.41) is 8.30. The number of fused-ring (bicyclic) bond motifs is 1. The summed E-state index contributed by atoms with van der Waals surface area (Å²) in [7, 11) is 1.36. The fraction of sp³-hybridized carbons (Fsp3) is 0.346. The molecule has 0 spiro atoms. The number of unbranched alkanes of at least 4 members (excludes halogenated alkanes) is 2. The number of hydrogen-bond donors (Lipinski definition) is 1. The molecule has 0 saturated carbocycles. The molecule has 1 N–H and O–H groups in total. The number of aromatic nitrogens is 3. The second-order valence-corrected chi connectivity index (χ2v) is 9.17. The van der Waals surface area contributed by atoms with Gasteiger partial charge in [-0.1, -0.05) is 61.9 Å². The number of thioether (sulfide) groups is 1. The molecule has 1 aliphatic heterocycles. The minimum absolute atomic E-state index is 0.262. The quantitative estimate of drug-likeness (QED) is 0.218. The van der Waals surface area contributed by atoms with Gasteiger partial charge in [-0.25, -0.2) is 13.9 Å². The van der Waals surface area contributed by atoms with Crippen LogP contribution in [0.25, 0.3) is 0 Å². The van der Waals surface area contributed by atoms with E-state index in [0.29, 0.717) is 40.3 Å². The molecule has 1 aliphatic rings. The fourth-order valence-electron chi connectivity index (χ4n) is 3.92. The zero-order valence-electron chi connectivity index (χ0n) is 20.1. The molecular weight excluding hydrogens is 467 g/mol. The molecule has 9 heteroatoms. The number of halogens is 1. The van der Waals surface area contributed by atoms with Gasteiger partial charge >= 0.3 is 5.97 Å². The Bertz CT molecular complexity index is 1210. The maximum atomic E-state index is 14.0. The molecule has 3 aromatic rings. The number of benzene rings is 2. The van der Waals surface area contributed by atoms with E-state index in [2.05, 4.69) is 22.3 Å². The second kappa shape index (κ2) is 11.4. The zero-order chi connectivity index (χ0) is 24.8. The van der Waals surface area contributed by atoms with E-state index in [1.54, 1.807) is 22.9 Å². The van der Waals surface area contributed by atoms with E-state index >= 15 is 0 Å². The van der Waals surface area contributed by atoms with Crippen molar-refractivity contribution >= 4 is 23.7 Å². The number of nitrogens with one attached hydrogen (secondary N) is 1. The Balaban J connectivity index is 1.60. The number of ether oxygens (including phenoxy) is 2. The van der Waals surface area contributed by atoms with Gasteiger partial charge < -0.3 is 14.8 Å². The van der Waals surface area contributed by atoms with Crippen molar-refractivity contribution in [3.05, 3.63) is 76.7 Å². The van der Waals surface area contributed by atoms with Gasteiger partial charge in [0.05, 0.1) is 19.3 Å². The SMILES string of the molecule is CCCCCOc1ccc(C2C(C(=O)OC)=C(C)Nc3nc(SCc4ccccc4F)nn32)cc1. The minimum Gasteiger partial charge on any atom is -0.494 e. The molecule has 2 heterocycles. The number of methoxy groups -OCH3 is 1. The molecule has 1 unspecified atom stereocenters. The number of carbonyl (C=O) groups excluding carboxylic acids is 1. The molecule has 4 rings (SSSR count). The van der Waals surface area contributed by atoms with Gasteiger partial charge in [0, 0.05) is 11.4 Å².